The largest absolute Gasteiger partial charge is 0.356 e. The molecular formula is C11H23N3O2. The van der Waals surface area contributed by atoms with Gasteiger partial charge in [0, 0.05) is 25.9 Å². The van der Waals surface area contributed by atoms with Crippen LogP contribution in [0.15, 0.2) is 0 Å². The summed E-state index contributed by atoms with van der Waals surface area (Å²) in [6.45, 7) is 5.75. The van der Waals surface area contributed by atoms with Gasteiger partial charge in [-0.25, -0.2) is 0 Å². The van der Waals surface area contributed by atoms with E-state index < -0.39 is 0 Å². The predicted molar refractivity (Wildman–Crippen MR) is 63.8 cm³/mol. The van der Waals surface area contributed by atoms with Gasteiger partial charge in [0.2, 0.25) is 11.8 Å². The third-order valence-corrected chi connectivity index (χ3v) is 2.20. The van der Waals surface area contributed by atoms with E-state index in [2.05, 4.69) is 10.6 Å². The maximum absolute atomic E-state index is 11.3. The van der Waals surface area contributed by atoms with Crippen LogP contribution in [-0.2, 0) is 9.59 Å². The molecule has 5 heteroatoms. The van der Waals surface area contributed by atoms with E-state index in [0.29, 0.717) is 19.6 Å². The van der Waals surface area contributed by atoms with E-state index in [9.17, 15) is 9.59 Å². The van der Waals surface area contributed by atoms with E-state index >= 15 is 0 Å². The van der Waals surface area contributed by atoms with Crippen molar-refractivity contribution in [3.05, 3.63) is 0 Å². The van der Waals surface area contributed by atoms with Crippen LogP contribution in [0.2, 0.25) is 0 Å². The minimum atomic E-state index is -0.0908. The smallest absolute Gasteiger partial charge is 0.220 e. The van der Waals surface area contributed by atoms with Gasteiger partial charge in [0.1, 0.15) is 0 Å². The molecule has 0 radical (unpaired) electrons. The molecule has 5 nitrogen and oxygen atoms in total. The Morgan fingerprint density at radius 2 is 1.75 bits per heavy atom. The zero-order chi connectivity index (χ0) is 12.4. The van der Waals surface area contributed by atoms with Crippen molar-refractivity contribution >= 4 is 11.8 Å². The maximum atomic E-state index is 11.3. The summed E-state index contributed by atoms with van der Waals surface area (Å²) in [5.41, 5.74) is 5.42. The van der Waals surface area contributed by atoms with Crippen molar-refractivity contribution in [2.24, 2.45) is 11.7 Å². The number of nitrogens with two attached hydrogens (primary N) is 1. The highest BCUT2D eigenvalue weighted by molar-refractivity contribution is 5.83. The van der Waals surface area contributed by atoms with Gasteiger partial charge in [-0.1, -0.05) is 13.8 Å². The van der Waals surface area contributed by atoms with Crippen LogP contribution >= 0.6 is 0 Å². The van der Waals surface area contributed by atoms with Gasteiger partial charge in [-0.05, 0) is 18.9 Å². The van der Waals surface area contributed by atoms with Crippen molar-refractivity contribution in [3.63, 3.8) is 0 Å². The highest BCUT2D eigenvalue weighted by Crippen LogP contribution is 1.92. The second kappa shape index (κ2) is 9.15. The number of hydrogen-bond acceptors (Lipinski definition) is 3. The minimum Gasteiger partial charge on any atom is -0.356 e. The fourth-order valence-electron chi connectivity index (χ4n) is 1.04. The quantitative estimate of drug-likeness (QED) is 0.548. The Bertz CT molecular complexity index is 219. The van der Waals surface area contributed by atoms with Crippen LogP contribution in [-0.4, -0.2) is 31.4 Å². The van der Waals surface area contributed by atoms with Gasteiger partial charge in [-0.2, -0.15) is 0 Å². The second-order valence-electron chi connectivity index (χ2n) is 3.99. The highest BCUT2D eigenvalue weighted by atomic mass is 16.2. The molecule has 0 aromatic carbocycles. The van der Waals surface area contributed by atoms with Gasteiger partial charge >= 0.3 is 0 Å². The first-order chi connectivity index (χ1) is 7.60. The minimum absolute atomic E-state index is 0.0659. The Hall–Kier alpha value is -1.10. The lowest BCUT2D eigenvalue weighted by Gasteiger charge is -2.09. The number of nitrogens with one attached hydrogen (secondary N) is 2. The number of carbonyl (C=O) groups is 2. The van der Waals surface area contributed by atoms with Crippen LogP contribution in [0.5, 0.6) is 0 Å². The molecule has 0 aromatic heterocycles. The van der Waals surface area contributed by atoms with Crippen LogP contribution < -0.4 is 16.4 Å². The molecule has 94 valence electrons. The van der Waals surface area contributed by atoms with Crippen molar-refractivity contribution in [1.82, 2.24) is 10.6 Å². The van der Waals surface area contributed by atoms with Gasteiger partial charge in [-0.3, -0.25) is 9.59 Å². The molecule has 0 heterocycles. The highest BCUT2D eigenvalue weighted by Gasteiger charge is 2.07. The zero-order valence-electron chi connectivity index (χ0n) is 10.2. The van der Waals surface area contributed by atoms with Gasteiger partial charge in [-0.15, -0.1) is 0 Å². The molecule has 0 spiro atoms. The maximum Gasteiger partial charge on any atom is 0.220 e. The second-order valence-corrected chi connectivity index (χ2v) is 3.99. The number of carbonyl (C=O) groups excluding carboxylic acids is 2. The fourth-order valence-corrected chi connectivity index (χ4v) is 1.04. The van der Waals surface area contributed by atoms with Crippen molar-refractivity contribution in [3.8, 4) is 0 Å². The molecular weight excluding hydrogens is 206 g/mol. The van der Waals surface area contributed by atoms with E-state index in [4.69, 9.17) is 5.73 Å². The third kappa shape index (κ3) is 8.23. The number of hydrogen-bond donors (Lipinski definition) is 3. The monoisotopic (exact) mass is 229 g/mol. The Kier molecular flexibility index (Phi) is 8.52. The summed E-state index contributed by atoms with van der Waals surface area (Å²) in [5, 5.41) is 5.47. The van der Waals surface area contributed by atoms with Crippen LogP contribution in [0.4, 0.5) is 0 Å². The Morgan fingerprint density at radius 1 is 1.19 bits per heavy atom. The fraction of sp³-hybridized carbons (Fsp3) is 0.818. The topological polar surface area (TPSA) is 84.2 Å². The predicted octanol–water partition coefficient (Wildman–Crippen LogP) is 0.00380. The first-order valence-corrected chi connectivity index (χ1v) is 5.83. The molecule has 0 rings (SSSR count). The Balaban J connectivity index is 3.53. The Labute approximate surface area is 97.2 Å². The van der Waals surface area contributed by atoms with E-state index in [1.165, 1.54) is 0 Å². The third-order valence-electron chi connectivity index (χ3n) is 2.20. The average Bonchev–Trinajstić information content (AvgIpc) is 2.30. The Morgan fingerprint density at radius 3 is 2.25 bits per heavy atom. The van der Waals surface area contributed by atoms with Gasteiger partial charge in [0.15, 0.2) is 0 Å². The van der Waals surface area contributed by atoms with E-state index in [0.717, 1.165) is 6.42 Å². The van der Waals surface area contributed by atoms with Crippen molar-refractivity contribution in [2.45, 2.75) is 33.1 Å². The van der Waals surface area contributed by atoms with Crippen molar-refractivity contribution in [1.29, 1.82) is 0 Å². The average molecular weight is 229 g/mol. The first-order valence-electron chi connectivity index (χ1n) is 5.83. The van der Waals surface area contributed by atoms with Gasteiger partial charge < -0.3 is 16.4 Å². The first kappa shape index (κ1) is 14.9. The zero-order valence-corrected chi connectivity index (χ0v) is 10.2. The van der Waals surface area contributed by atoms with Gasteiger partial charge in [0.25, 0.3) is 0 Å². The van der Waals surface area contributed by atoms with E-state index in [1.54, 1.807) is 0 Å². The summed E-state index contributed by atoms with van der Waals surface area (Å²) in [6, 6.07) is 0. The van der Waals surface area contributed by atoms with Crippen LogP contribution in [0, 0.1) is 5.92 Å². The summed E-state index contributed by atoms with van der Waals surface area (Å²) in [4.78, 5) is 22.5. The van der Waals surface area contributed by atoms with Gasteiger partial charge in [0.05, 0.1) is 0 Å². The molecule has 0 saturated heterocycles. The molecule has 1 atom stereocenters. The van der Waals surface area contributed by atoms with E-state index in [1.807, 2.05) is 13.8 Å². The van der Waals surface area contributed by atoms with E-state index in [-0.39, 0.29) is 30.6 Å². The van der Waals surface area contributed by atoms with Crippen LogP contribution in [0.25, 0.3) is 0 Å². The molecule has 0 aliphatic heterocycles. The molecule has 2 amide bonds. The normalized spacial score (nSPS) is 11.9. The lowest BCUT2D eigenvalue weighted by atomic mass is 10.2. The summed E-state index contributed by atoms with van der Waals surface area (Å²) < 4.78 is 0. The SMILES string of the molecule is CCCNC(=O)CCC(=O)NCC(C)CN. The lowest BCUT2D eigenvalue weighted by Crippen LogP contribution is -2.32. The molecule has 0 aliphatic carbocycles. The van der Waals surface area contributed by atoms with Crippen LogP contribution in [0.1, 0.15) is 33.1 Å². The van der Waals surface area contributed by atoms with Crippen molar-refractivity contribution < 1.29 is 9.59 Å². The van der Waals surface area contributed by atoms with Crippen LogP contribution in [0.3, 0.4) is 0 Å². The molecule has 0 bridgehead atoms. The lowest BCUT2D eigenvalue weighted by molar-refractivity contribution is -0.126. The standard InChI is InChI=1S/C11H23N3O2/c1-3-6-13-10(15)4-5-11(16)14-8-9(2)7-12/h9H,3-8,12H2,1-2H3,(H,13,15)(H,14,16). The summed E-state index contributed by atoms with van der Waals surface area (Å²) in [7, 11) is 0. The molecule has 0 aromatic rings. The molecule has 1 unspecified atom stereocenters. The molecule has 0 saturated carbocycles. The van der Waals surface area contributed by atoms with Crippen molar-refractivity contribution in [2.75, 3.05) is 19.6 Å². The molecule has 4 N–H and O–H groups in total. The summed E-state index contributed by atoms with van der Waals surface area (Å²) in [5.74, 6) is 0.119. The summed E-state index contributed by atoms with van der Waals surface area (Å²) >= 11 is 0. The number of rotatable bonds is 8. The molecule has 0 fully saturated rings. The number of amides is 2. The molecule has 16 heavy (non-hydrogen) atoms. The summed E-state index contributed by atoms with van der Waals surface area (Å²) in [6.07, 6.45) is 1.40. The molecule has 0 aliphatic rings.